The van der Waals surface area contributed by atoms with Gasteiger partial charge in [0.15, 0.2) is 0 Å². The number of carboxylic acid groups (broad SMARTS) is 1. The average Bonchev–Trinajstić information content (AvgIpc) is 2.04. The number of rotatable bonds is 3. The number of carboxylic acids is 1. The largest absolute Gasteiger partial charge is 0.480 e. The number of hydrogen-bond donors (Lipinski definition) is 3. The van der Waals surface area contributed by atoms with Crippen LogP contribution in [-0.4, -0.2) is 27.8 Å². The maximum atomic E-state index is 10.4. The lowest BCUT2D eigenvalue weighted by Crippen LogP contribution is -2.40. The minimum Gasteiger partial charge on any atom is -0.480 e. The van der Waals surface area contributed by atoms with E-state index in [1.165, 1.54) is 0 Å². The number of nitrogens with two attached hydrogens (primary N) is 1. The van der Waals surface area contributed by atoms with Crippen molar-refractivity contribution < 1.29 is 15.0 Å². The minimum absolute atomic E-state index is 0.0448. The zero-order valence-electron chi connectivity index (χ0n) is 7.18. The van der Waals surface area contributed by atoms with Gasteiger partial charge in [0.05, 0.1) is 5.60 Å². The van der Waals surface area contributed by atoms with E-state index >= 15 is 0 Å². The molecule has 0 aromatic carbocycles. The van der Waals surface area contributed by atoms with Crippen LogP contribution in [0.3, 0.4) is 0 Å². The first-order valence-electron chi connectivity index (χ1n) is 4.09. The van der Waals surface area contributed by atoms with Crippen LogP contribution in [0, 0.1) is 0 Å². The van der Waals surface area contributed by atoms with Gasteiger partial charge in [-0.25, -0.2) is 0 Å². The standard InChI is InChI=1S/C9H13NO3/c10-7(8(11)12)6-9(13)4-2-1-3-5-9/h1-4,7,13H,5-6,10H2,(H,11,12). The molecular formula is C9H13NO3. The van der Waals surface area contributed by atoms with Gasteiger partial charge in [0.25, 0.3) is 0 Å². The zero-order chi connectivity index (χ0) is 9.90. The molecule has 0 bridgehead atoms. The van der Waals surface area contributed by atoms with Crippen LogP contribution >= 0.6 is 0 Å². The highest BCUT2D eigenvalue weighted by Gasteiger charge is 2.28. The molecule has 0 aromatic heterocycles. The SMILES string of the molecule is NC(CC1(O)C=CC=CC1)C(=O)O. The summed E-state index contributed by atoms with van der Waals surface area (Å²) in [5.41, 5.74) is 4.22. The Labute approximate surface area is 76.4 Å². The van der Waals surface area contributed by atoms with Crippen molar-refractivity contribution in [1.82, 2.24) is 0 Å². The Morgan fingerprint density at radius 1 is 1.62 bits per heavy atom. The van der Waals surface area contributed by atoms with E-state index in [1.807, 2.05) is 0 Å². The van der Waals surface area contributed by atoms with Crippen LogP contribution in [0.15, 0.2) is 24.3 Å². The molecule has 0 amide bonds. The molecule has 1 rings (SSSR count). The van der Waals surface area contributed by atoms with Crippen LogP contribution in [0.1, 0.15) is 12.8 Å². The Bertz CT molecular complexity index is 260. The van der Waals surface area contributed by atoms with Crippen molar-refractivity contribution in [1.29, 1.82) is 0 Å². The van der Waals surface area contributed by atoms with E-state index in [0.29, 0.717) is 6.42 Å². The van der Waals surface area contributed by atoms with Gasteiger partial charge < -0.3 is 15.9 Å². The number of hydrogen-bond acceptors (Lipinski definition) is 3. The highest BCUT2D eigenvalue weighted by Crippen LogP contribution is 2.22. The van der Waals surface area contributed by atoms with Crippen LogP contribution in [0.2, 0.25) is 0 Å². The summed E-state index contributed by atoms with van der Waals surface area (Å²) in [5.74, 6) is -1.09. The maximum Gasteiger partial charge on any atom is 0.320 e. The molecule has 0 spiro atoms. The van der Waals surface area contributed by atoms with E-state index < -0.39 is 17.6 Å². The summed E-state index contributed by atoms with van der Waals surface area (Å²) < 4.78 is 0. The van der Waals surface area contributed by atoms with Gasteiger partial charge in [0.1, 0.15) is 6.04 Å². The van der Waals surface area contributed by atoms with Crippen LogP contribution in [0.5, 0.6) is 0 Å². The summed E-state index contributed by atoms with van der Waals surface area (Å²) in [6, 6.07) is -1.01. The zero-order valence-corrected chi connectivity index (χ0v) is 7.18. The third-order valence-corrected chi connectivity index (χ3v) is 2.02. The average molecular weight is 183 g/mol. The monoisotopic (exact) mass is 183 g/mol. The molecule has 13 heavy (non-hydrogen) atoms. The first kappa shape index (κ1) is 9.95. The Balaban J connectivity index is 2.57. The fourth-order valence-electron chi connectivity index (χ4n) is 1.27. The lowest BCUT2D eigenvalue weighted by atomic mass is 9.89. The molecule has 0 saturated carbocycles. The molecule has 1 aliphatic rings. The molecule has 0 aliphatic heterocycles. The van der Waals surface area contributed by atoms with E-state index in [-0.39, 0.29) is 6.42 Å². The molecule has 0 heterocycles. The lowest BCUT2D eigenvalue weighted by Gasteiger charge is -2.26. The van der Waals surface area contributed by atoms with E-state index in [0.717, 1.165) is 0 Å². The number of carbonyl (C=O) groups is 1. The molecule has 4 N–H and O–H groups in total. The molecule has 1 aliphatic carbocycles. The second kappa shape index (κ2) is 3.72. The first-order valence-corrected chi connectivity index (χ1v) is 4.09. The minimum atomic E-state index is -1.09. The molecule has 0 aromatic rings. The highest BCUT2D eigenvalue weighted by atomic mass is 16.4. The lowest BCUT2D eigenvalue weighted by molar-refractivity contribution is -0.139. The quantitative estimate of drug-likeness (QED) is 0.576. The number of aliphatic hydroxyl groups is 1. The van der Waals surface area contributed by atoms with E-state index in [9.17, 15) is 9.90 Å². The Hall–Kier alpha value is -1.13. The van der Waals surface area contributed by atoms with Gasteiger partial charge in [-0.2, -0.15) is 0 Å². The van der Waals surface area contributed by atoms with Crippen LogP contribution in [-0.2, 0) is 4.79 Å². The van der Waals surface area contributed by atoms with Crippen molar-refractivity contribution in [3.05, 3.63) is 24.3 Å². The molecule has 0 saturated heterocycles. The van der Waals surface area contributed by atoms with Gasteiger partial charge in [-0.3, -0.25) is 4.79 Å². The van der Waals surface area contributed by atoms with Gasteiger partial charge in [-0.05, 0) is 6.42 Å². The van der Waals surface area contributed by atoms with Crippen LogP contribution in [0.4, 0.5) is 0 Å². The van der Waals surface area contributed by atoms with Crippen molar-refractivity contribution in [2.45, 2.75) is 24.5 Å². The number of allylic oxidation sites excluding steroid dienone is 2. The first-order chi connectivity index (χ1) is 6.03. The van der Waals surface area contributed by atoms with Gasteiger partial charge in [-0.15, -0.1) is 0 Å². The summed E-state index contributed by atoms with van der Waals surface area (Å²) in [6.07, 6.45) is 7.33. The molecule has 2 unspecified atom stereocenters. The van der Waals surface area contributed by atoms with E-state index in [1.54, 1.807) is 24.3 Å². The van der Waals surface area contributed by atoms with Gasteiger partial charge in [-0.1, -0.05) is 24.3 Å². The Kier molecular flexibility index (Phi) is 2.85. The van der Waals surface area contributed by atoms with Crippen molar-refractivity contribution >= 4 is 5.97 Å². The van der Waals surface area contributed by atoms with Crippen molar-refractivity contribution in [3.8, 4) is 0 Å². The van der Waals surface area contributed by atoms with Gasteiger partial charge in [0, 0.05) is 6.42 Å². The van der Waals surface area contributed by atoms with Gasteiger partial charge >= 0.3 is 5.97 Å². The van der Waals surface area contributed by atoms with Crippen molar-refractivity contribution in [2.24, 2.45) is 5.73 Å². The maximum absolute atomic E-state index is 10.4. The topological polar surface area (TPSA) is 83.5 Å². The van der Waals surface area contributed by atoms with Crippen LogP contribution in [0.25, 0.3) is 0 Å². The predicted molar refractivity (Wildman–Crippen MR) is 48.1 cm³/mol. The molecule has 4 nitrogen and oxygen atoms in total. The fraction of sp³-hybridized carbons (Fsp3) is 0.444. The Morgan fingerprint density at radius 3 is 2.77 bits per heavy atom. The summed E-state index contributed by atoms with van der Waals surface area (Å²) in [5, 5.41) is 18.4. The summed E-state index contributed by atoms with van der Waals surface area (Å²) in [7, 11) is 0. The molecule has 0 fully saturated rings. The second-order valence-electron chi connectivity index (χ2n) is 3.24. The molecule has 2 atom stereocenters. The normalized spacial score (nSPS) is 28.8. The fourth-order valence-corrected chi connectivity index (χ4v) is 1.27. The molecule has 4 heteroatoms. The predicted octanol–water partition coefficient (Wildman–Crippen LogP) is 0.0356. The third-order valence-electron chi connectivity index (χ3n) is 2.02. The van der Waals surface area contributed by atoms with Crippen molar-refractivity contribution in [2.75, 3.05) is 0 Å². The highest BCUT2D eigenvalue weighted by molar-refractivity contribution is 5.73. The second-order valence-corrected chi connectivity index (χ2v) is 3.24. The summed E-state index contributed by atoms with van der Waals surface area (Å²) >= 11 is 0. The molecular weight excluding hydrogens is 170 g/mol. The van der Waals surface area contributed by atoms with E-state index in [2.05, 4.69) is 0 Å². The Morgan fingerprint density at radius 2 is 2.31 bits per heavy atom. The summed E-state index contributed by atoms with van der Waals surface area (Å²) in [4.78, 5) is 10.4. The third kappa shape index (κ3) is 2.68. The molecule has 0 radical (unpaired) electrons. The smallest absolute Gasteiger partial charge is 0.320 e. The van der Waals surface area contributed by atoms with E-state index in [4.69, 9.17) is 10.8 Å². The molecule has 72 valence electrons. The van der Waals surface area contributed by atoms with Crippen molar-refractivity contribution in [3.63, 3.8) is 0 Å². The van der Waals surface area contributed by atoms with Crippen LogP contribution < -0.4 is 5.73 Å². The number of aliphatic carboxylic acids is 1. The van der Waals surface area contributed by atoms with Gasteiger partial charge in [0.2, 0.25) is 0 Å². The summed E-state index contributed by atoms with van der Waals surface area (Å²) in [6.45, 7) is 0.